The van der Waals surface area contributed by atoms with Gasteiger partial charge < -0.3 is 15.0 Å². The van der Waals surface area contributed by atoms with Crippen LogP contribution < -0.4 is 10.2 Å². The maximum Gasteiger partial charge on any atom is 0.189 e. The molecule has 1 saturated heterocycles. The fraction of sp³-hybridized carbons (Fsp3) is 0.423. The third kappa shape index (κ3) is 4.17. The number of anilines is 1. The average Bonchev–Trinajstić information content (AvgIpc) is 3.51. The van der Waals surface area contributed by atoms with E-state index in [0.29, 0.717) is 0 Å². The second-order valence-corrected chi connectivity index (χ2v) is 10.8. The molecule has 4 heterocycles. The standard InChI is InChI=1S/C26H29N5OS2/c1-33-26-29-22-20-18-9-5-10-19(18)21(17-7-3-2-4-8-17)28-25(20)34-23(22)24(30-26)27-11-6-12-31-13-15-32-16-14-31/h2-4,7-8H,5-6,9-16H2,1H3,(H,27,29,30)/p+1. The van der Waals surface area contributed by atoms with E-state index in [1.807, 2.05) is 0 Å². The largest absolute Gasteiger partial charge is 0.370 e. The van der Waals surface area contributed by atoms with Crippen LogP contribution in [0, 0.1) is 0 Å². The molecule has 1 aromatic carbocycles. The van der Waals surface area contributed by atoms with Crippen molar-refractivity contribution < 1.29 is 9.64 Å². The van der Waals surface area contributed by atoms with Gasteiger partial charge in [-0.05, 0) is 36.6 Å². The summed E-state index contributed by atoms with van der Waals surface area (Å²) in [6.07, 6.45) is 6.55. The summed E-state index contributed by atoms with van der Waals surface area (Å²) < 4.78 is 6.62. The number of thiophene rings is 1. The zero-order valence-electron chi connectivity index (χ0n) is 19.5. The van der Waals surface area contributed by atoms with E-state index in [1.165, 1.54) is 35.0 Å². The van der Waals surface area contributed by atoms with E-state index < -0.39 is 0 Å². The van der Waals surface area contributed by atoms with E-state index >= 15 is 0 Å². The molecule has 1 aliphatic carbocycles. The van der Waals surface area contributed by atoms with E-state index in [4.69, 9.17) is 19.7 Å². The van der Waals surface area contributed by atoms with Gasteiger partial charge in [-0.3, -0.25) is 0 Å². The zero-order chi connectivity index (χ0) is 22.9. The molecule has 2 N–H and O–H groups in total. The molecule has 4 aromatic rings. The number of quaternary nitrogens is 1. The van der Waals surface area contributed by atoms with Crippen molar-refractivity contribution in [3.8, 4) is 11.3 Å². The monoisotopic (exact) mass is 492 g/mol. The van der Waals surface area contributed by atoms with Crippen molar-refractivity contribution in [1.29, 1.82) is 0 Å². The summed E-state index contributed by atoms with van der Waals surface area (Å²) in [4.78, 5) is 17.8. The zero-order valence-corrected chi connectivity index (χ0v) is 21.2. The Balaban J connectivity index is 1.37. The molecular weight excluding hydrogens is 462 g/mol. The number of aryl methyl sites for hydroxylation is 1. The minimum Gasteiger partial charge on any atom is -0.370 e. The fourth-order valence-electron chi connectivity index (χ4n) is 5.25. The van der Waals surface area contributed by atoms with Crippen LogP contribution in [0.25, 0.3) is 31.7 Å². The predicted octanol–water partition coefficient (Wildman–Crippen LogP) is 3.83. The van der Waals surface area contributed by atoms with Gasteiger partial charge in [0, 0.05) is 23.9 Å². The van der Waals surface area contributed by atoms with Gasteiger partial charge in [0.25, 0.3) is 0 Å². The summed E-state index contributed by atoms with van der Waals surface area (Å²) in [6, 6.07) is 10.6. The van der Waals surface area contributed by atoms with Crippen molar-refractivity contribution in [3.05, 3.63) is 41.5 Å². The molecular formula is C26H30N5OS2+. The first-order valence-corrected chi connectivity index (χ1v) is 14.3. The predicted molar refractivity (Wildman–Crippen MR) is 141 cm³/mol. The molecule has 1 aliphatic heterocycles. The highest BCUT2D eigenvalue weighted by molar-refractivity contribution is 7.98. The lowest BCUT2D eigenvalue weighted by Crippen LogP contribution is -3.14. The Morgan fingerprint density at radius 3 is 2.71 bits per heavy atom. The molecule has 34 heavy (non-hydrogen) atoms. The Hall–Kier alpha value is -2.26. The molecule has 8 heteroatoms. The SMILES string of the molecule is CSc1nc(NCCC[NH+]2CCOCC2)c2sc3nc(-c4ccccc4)c4c(c3c2n1)CCC4. The van der Waals surface area contributed by atoms with Crippen molar-refractivity contribution in [2.75, 3.05) is 51.0 Å². The Morgan fingerprint density at radius 1 is 1.06 bits per heavy atom. The number of hydrogen-bond donors (Lipinski definition) is 2. The highest BCUT2D eigenvalue weighted by Gasteiger charge is 2.25. The van der Waals surface area contributed by atoms with E-state index in [-0.39, 0.29) is 0 Å². The van der Waals surface area contributed by atoms with E-state index in [0.717, 1.165) is 83.8 Å². The van der Waals surface area contributed by atoms with Gasteiger partial charge in [0.05, 0.1) is 35.7 Å². The van der Waals surface area contributed by atoms with Gasteiger partial charge in [-0.15, -0.1) is 11.3 Å². The summed E-state index contributed by atoms with van der Waals surface area (Å²) >= 11 is 3.35. The maximum atomic E-state index is 5.49. The first-order chi connectivity index (χ1) is 16.8. The van der Waals surface area contributed by atoms with Gasteiger partial charge in [0.2, 0.25) is 0 Å². The molecule has 3 aromatic heterocycles. The van der Waals surface area contributed by atoms with Gasteiger partial charge in [-0.2, -0.15) is 0 Å². The van der Waals surface area contributed by atoms with Gasteiger partial charge in [0.15, 0.2) is 5.16 Å². The summed E-state index contributed by atoms with van der Waals surface area (Å²) in [5.41, 5.74) is 6.28. The van der Waals surface area contributed by atoms with Crippen LogP contribution in [-0.4, -0.2) is 60.6 Å². The molecule has 6 rings (SSSR count). The molecule has 0 saturated carbocycles. The lowest BCUT2D eigenvalue weighted by Gasteiger charge is -2.23. The first-order valence-electron chi connectivity index (χ1n) is 12.2. The highest BCUT2D eigenvalue weighted by atomic mass is 32.2. The number of morpholine rings is 1. The number of ether oxygens (including phenoxy) is 1. The number of benzene rings is 1. The number of rotatable bonds is 7. The van der Waals surface area contributed by atoms with Crippen LogP contribution in [0.15, 0.2) is 35.5 Å². The quantitative estimate of drug-likeness (QED) is 0.232. The number of hydrogen-bond acceptors (Lipinski definition) is 7. The number of fused-ring (bicyclic) bond motifs is 5. The third-order valence-corrected chi connectivity index (χ3v) is 8.57. The minimum absolute atomic E-state index is 0.826. The molecule has 0 unspecified atom stereocenters. The molecule has 1 fully saturated rings. The minimum atomic E-state index is 0.826. The average molecular weight is 493 g/mol. The molecule has 0 spiro atoms. The van der Waals surface area contributed by atoms with Crippen LogP contribution >= 0.6 is 23.1 Å². The fourth-order valence-corrected chi connectivity index (χ4v) is 6.72. The second kappa shape index (κ2) is 9.77. The molecule has 2 aliphatic rings. The Kier molecular flexibility index (Phi) is 6.39. The van der Waals surface area contributed by atoms with Crippen molar-refractivity contribution in [1.82, 2.24) is 15.0 Å². The summed E-state index contributed by atoms with van der Waals surface area (Å²) in [5.74, 6) is 0.960. The van der Waals surface area contributed by atoms with Crippen LogP contribution in [0.1, 0.15) is 24.0 Å². The second-order valence-electron chi connectivity index (χ2n) is 9.05. The van der Waals surface area contributed by atoms with Crippen LogP contribution in [-0.2, 0) is 17.6 Å². The van der Waals surface area contributed by atoms with Gasteiger partial charge >= 0.3 is 0 Å². The first kappa shape index (κ1) is 22.2. The van der Waals surface area contributed by atoms with Gasteiger partial charge in [-0.25, -0.2) is 15.0 Å². The third-order valence-electron chi connectivity index (χ3n) is 6.94. The summed E-state index contributed by atoms with van der Waals surface area (Å²) in [7, 11) is 0. The van der Waals surface area contributed by atoms with Crippen LogP contribution in [0.5, 0.6) is 0 Å². The topological polar surface area (TPSA) is 64.4 Å². The van der Waals surface area contributed by atoms with Crippen molar-refractivity contribution in [2.45, 2.75) is 30.8 Å². The van der Waals surface area contributed by atoms with E-state index in [1.54, 1.807) is 28.0 Å². The number of aromatic nitrogens is 3. The number of thioether (sulfide) groups is 1. The Labute approximate surface area is 208 Å². The molecule has 0 radical (unpaired) electrons. The van der Waals surface area contributed by atoms with E-state index in [2.05, 4.69) is 41.9 Å². The van der Waals surface area contributed by atoms with Gasteiger partial charge in [0.1, 0.15) is 23.7 Å². The summed E-state index contributed by atoms with van der Waals surface area (Å²) in [6.45, 7) is 6.09. The van der Waals surface area contributed by atoms with Gasteiger partial charge in [-0.1, -0.05) is 42.1 Å². The lowest BCUT2D eigenvalue weighted by molar-refractivity contribution is -0.908. The molecule has 176 valence electrons. The maximum absolute atomic E-state index is 5.49. The van der Waals surface area contributed by atoms with Crippen LogP contribution in [0.2, 0.25) is 0 Å². The normalized spacial score (nSPS) is 16.4. The number of pyridine rings is 1. The van der Waals surface area contributed by atoms with E-state index in [9.17, 15) is 0 Å². The molecule has 0 bridgehead atoms. The summed E-state index contributed by atoms with van der Waals surface area (Å²) in [5, 5.41) is 5.73. The Morgan fingerprint density at radius 2 is 1.88 bits per heavy atom. The van der Waals surface area contributed by atoms with Crippen molar-refractivity contribution in [2.24, 2.45) is 0 Å². The lowest BCUT2D eigenvalue weighted by atomic mass is 10.0. The van der Waals surface area contributed by atoms with Crippen molar-refractivity contribution >= 4 is 49.3 Å². The smallest absolute Gasteiger partial charge is 0.189 e. The van der Waals surface area contributed by atoms with Crippen LogP contribution in [0.4, 0.5) is 5.82 Å². The Bertz CT molecular complexity index is 1320. The molecule has 0 atom stereocenters. The number of nitrogens with zero attached hydrogens (tertiary/aromatic N) is 3. The molecule has 0 amide bonds. The van der Waals surface area contributed by atoms with Crippen molar-refractivity contribution in [3.63, 3.8) is 0 Å². The van der Waals surface area contributed by atoms with Crippen LogP contribution in [0.3, 0.4) is 0 Å². The number of nitrogens with one attached hydrogen (secondary N) is 2. The molecule has 6 nitrogen and oxygen atoms in total. The highest BCUT2D eigenvalue weighted by Crippen LogP contribution is 2.43.